The molecule has 0 atom stereocenters. The van der Waals surface area contributed by atoms with Crippen LogP contribution in [0.5, 0.6) is 5.75 Å². The zero-order valence-corrected chi connectivity index (χ0v) is 10.3. The zero-order chi connectivity index (χ0) is 10.6. The Balaban J connectivity index is 2.55. The fourth-order valence-electron chi connectivity index (χ4n) is 0.841. The molecule has 0 fully saturated rings. The lowest BCUT2D eigenvalue weighted by molar-refractivity contribution is -0.137. The second-order valence-electron chi connectivity index (χ2n) is 2.57. The third-order valence-electron chi connectivity index (χ3n) is 1.47. The van der Waals surface area contributed by atoms with Crippen LogP contribution in [0, 0.1) is 0 Å². The van der Waals surface area contributed by atoms with Gasteiger partial charge in [0.05, 0.1) is 17.5 Å². The van der Waals surface area contributed by atoms with Crippen molar-refractivity contribution in [2.45, 2.75) is 6.42 Å². The minimum absolute atomic E-state index is 0.00248. The summed E-state index contributed by atoms with van der Waals surface area (Å²) in [6.07, 6.45) is 0.00248. The quantitative estimate of drug-likeness (QED) is 0.926. The van der Waals surface area contributed by atoms with Crippen molar-refractivity contribution in [2.24, 2.45) is 0 Å². The van der Waals surface area contributed by atoms with Crippen LogP contribution in [0.2, 0.25) is 0 Å². The van der Waals surface area contributed by atoms with Gasteiger partial charge in [0, 0.05) is 4.47 Å². The topological polar surface area (TPSA) is 46.5 Å². The smallest absolute Gasteiger partial charge is 0.306 e. The molecule has 5 heteroatoms. The molecule has 0 amide bonds. The Morgan fingerprint density at radius 2 is 2.14 bits per heavy atom. The van der Waals surface area contributed by atoms with Gasteiger partial charge < -0.3 is 9.84 Å². The van der Waals surface area contributed by atoms with Crippen molar-refractivity contribution < 1.29 is 14.6 Å². The molecule has 0 aliphatic heterocycles. The van der Waals surface area contributed by atoms with Gasteiger partial charge in [-0.15, -0.1) is 0 Å². The third kappa shape index (κ3) is 3.67. The molecule has 0 saturated heterocycles. The van der Waals surface area contributed by atoms with E-state index in [2.05, 4.69) is 31.9 Å². The van der Waals surface area contributed by atoms with E-state index >= 15 is 0 Å². The third-order valence-corrected chi connectivity index (χ3v) is 2.58. The summed E-state index contributed by atoms with van der Waals surface area (Å²) in [6.45, 7) is 0.176. The molecular formula is C9H8Br2O3. The average Bonchev–Trinajstić information content (AvgIpc) is 2.08. The molecule has 0 heterocycles. The largest absolute Gasteiger partial charge is 0.492 e. The van der Waals surface area contributed by atoms with Crippen LogP contribution in [0.3, 0.4) is 0 Å². The molecule has 0 spiro atoms. The van der Waals surface area contributed by atoms with Gasteiger partial charge in [-0.3, -0.25) is 4.79 Å². The summed E-state index contributed by atoms with van der Waals surface area (Å²) in [5.74, 6) is -0.215. The van der Waals surface area contributed by atoms with E-state index in [4.69, 9.17) is 9.84 Å². The van der Waals surface area contributed by atoms with Gasteiger partial charge in [-0.05, 0) is 34.1 Å². The van der Waals surface area contributed by atoms with Crippen molar-refractivity contribution in [3.8, 4) is 5.75 Å². The van der Waals surface area contributed by atoms with Crippen LogP contribution in [0.4, 0.5) is 0 Å². The average molecular weight is 324 g/mol. The zero-order valence-electron chi connectivity index (χ0n) is 7.17. The summed E-state index contributed by atoms with van der Waals surface area (Å²) in [4.78, 5) is 10.2. The molecular weight excluding hydrogens is 316 g/mol. The van der Waals surface area contributed by atoms with E-state index < -0.39 is 5.97 Å². The summed E-state index contributed by atoms with van der Waals surface area (Å²) in [7, 11) is 0. The Morgan fingerprint density at radius 1 is 1.43 bits per heavy atom. The first-order valence-electron chi connectivity index (χ1n) is 3.89. The lowest BCUT2D eigenvalue weighted by atomic mass is 10.3. The summed E-state index contributed by atoms with van der Waals surface area (Å²) < 4.78 is 7.00. The van der Waals surface area contributed by atoms with Crippen molar-refractivity contribution in [1.29, 1.82) is 0 Å². The standard InChI is InChI=1S/C9H8Br2O3/c10-6-1-2-8(7(11)5-6)14-4-3-9(12)13/h1-2,5H,3-4H2,(H,12,13). The molecule has 0 unspecified atom stereocenters. The molecule has 0 aliphatic carbocycles. The Labute approximate surface area is 98.3 Å². The molecule has 0 aromatic heterocycles. The number of hydrogen-bond acceptors (Lipinski definition) is 2. The lowest BCUT2D eigenvalue weighted by Gasteiger charge is -2.06. The Hall–Kier alpha value is -0.550. The molecule has 1 N–H and O–H groups in total. The van der Waals surface area contributed by atoms with Crippen molar-refractivity contribution in [1.82, 2.24) is 0 Å². The SMILES string of the molecule is O=C(O)CCOc1ccc(Br)cc1Br. The van der Waals surface area contributed by atoms with Gasteiger partial charge in [-0.2, -0.15) is 0 Å². The number of benzene rings is 1. The van der Waals surface area contributed by atoms with Gasteiger partial charge >= 0.3 is 5.97 Å². The van der Waals surface area contributed by atoms with Gasteiger partial charge in [-0.25, -0.2) is 0 Å². The summed E-state index contributed by atoms with van der Waals surface area (Å²) in [5, 5.41) is 8.41. The number of carbonyl (C=O) groups is 1. The molecule has 14 heavy (non-hydrogen) atoms. The molecule has 1 rings (SSSR count). The molecule has 3 nitrogen and oxygen atoms in total. The number of ether oxygens (including phenoxy) is 1. The monoisotopic (exact) mass is 322 g/mol. The maximum atomic E-state index is 10.2. The number of aliphatic carboxylic acids is 1. The van der Waals surface area contributed by atoms with Crippen LogP contribution >= 0.6 is 31.9 Å². The maximum Gasteiger partial charge on any atom is 0.306 e. The normalized spacial score (nSPS) is 9.86. The summed E-state index contributed by atoms with van der Waals surface area (Å²) >= 11 is 6.62. The van der Waals surface area contributed by atoms with Crippen molar-refractivity contribution >= 4 is 37.8 Å². The molecule has 76 valence electrons. The molecule has 0 radical (unpaired) electrons. The van der Waals surface area contributed by atoms with Crippen molar-refractivity contribution in [2.75, 3.05) is 6.61 Å². The van der Waals surface area contributed by atoms with Gasteiger partial charge in [0.15, 0.2) is 0 Å². The first-order chi connectivity index (χ1) is 6.59. The summed E-state index contributed by atoms with van der Waals surface area (Å²) in [5.41, 5.74) is 0. The van der Waals surface area contributed by atoms with Crippen LogP contribution in [0.25, 0.3) is 0 Å². The second-order valence-corrected chi connectivity index (χ2v) is 4.34. The number of halogens is 2. The fraction of sp³-hybridized carbons (Fsp3) is 0.222. The molecule has 0 bridgehead atoms. The first-order valence-corrected chi connectivity index (χ1v) is 5.48. The number of rotatable bonds is 4. The highest BCUT2D eigenvalue weighted by Crippen LogP contribution is 2.28. The van der Waals surface area contributed by atoms with E-state index in [1.54, 1.807) is 6.07 Å². The highest BCUT2D eigenvalue weighted by Gasteiger charge is 2.02. The molecule has 1 aromatic carbocycles. The molecule has 1 aromatic rings. The maximum absolute atomic E-state index is 10.2. The minimum Gasteiger partial charge on any atom is -0.492 e. The number of carboxylic acids is 1. The Bertz CT molecular complexity index is 339. The minimum atomic E-state index is -0.863. The fourth-order valence-corrected chi connectivity index (χ4v) is 2.00. The molecule has 0 saturated carbocycles. The van der Waals surface area contributed by atoms with Gasteiger partial charge in [0.1, 0.15) is 5.75 Å². The van der Waals surface area contributed by atoms with E-state index in [0.29, 0.717) is 5.75 Å². The van der Waals surface area contributed by atoms with Crippen LogP contribution in [-0.2, 0) is 4.79 Å². The van der Waals surface area contributed by atoms with Gasteiger partial charge in [0.2, 0.25) is 0 Å². The van der Waals surface area contributed by atoms with E-state index in [0.717, 1.165) is 8.95 Å². The Morgan fingerprint density at radius 3 is 2.71 bits per heavy atom. The predicted octanol–water partition coefficient (Wildman–Crippen LogP) is 3.07. The number of hydrogen-bond donors (Lipinski definition) is 1. The number of carboxylic acid groups (broad SMARTS) is 1. The highest BCUT2D eigenvalue weighted by atomic mass is 79.9. The van der Waals surface area contributed by atoms with Crippen LogP contribution in [-0.4, -0.2) is 17.7 Å². The van der Waals surface area contributed by atoms with Crippen molar-refractivity contribution in [3.05, 3.63) is 27.1 Å². The first kappa shape index (κ1) is 11.5. The highest BCUT2D eigenvalue weighted by molar-refractivity contribution is 9.11. The van der Waals surface area contributed by atoms with Gasteiger partial charge in [-0.1, -0.05) is 15.9 Å². The predicted molar refractivity (Wildman–Crippen MR) is 59.6 cm³/mol. The van der Waals surface area contributed by atoms with Crippen LogP contribution in [0.15, 0.2) is 27.1 Å². The van der Waals surface area contributed by atoms with E-state index in [9.17, 15) is 4.79 Å². The second kappa shape index (κ2) is 5.36. The Kier molecular flexibility index (Phi) is 4.41. The lowest BCUT2D eigenvalue weighted by Crippen LogP contribution is -2.04. The summed E-state index contributed by atoms with van der Waals surface area (Å²) in [6, 6.07) is 5.45. The van der Waals surface area contributed by atoms with E-state index in [1.807, 2.05) is 12.1 Å². The van der Waals surface area contributed by atoms with Crippen molar-refractivity contribution in [3.63, 3.8) is 0 Å². The van der Waals surface area contributed by atoms with Crippen LogP contribution in [0.1, 0.15) is 6.42 Å². The van der Waals surface area contributed by atoms with E-state index in [1.165, 1.54) is 0 Å². The van der Waals surface area contributed by atoms with E-state index in [-0.39, 0.29) is 13.0 Å². The molecule has 0 aliphatic rings. The van der Waals surface area contributed by atoms with Crippen LogP contribution < -0.4 is 4.74 Å². The van der Waals surface area contributed by atoms with Gasteiger partial charge in [0.25, 0.3) is 0 Å².